The van der Waals surface area contributed by atoms with Gasteiger partial charge in [0.15, 0.2) is 0 Å². The number of rotatable bonds is 3. The van der Waals surface area contributed by atoms with Crippen molar-refractivity contribution in [2.24, 2.45) is 17.1 Å². The maximum absolute atomic E-state index is 12.8. The van der Waals surface area contributed by atoms with Crippen LogP contribution in [0.1, 0.15) is 51.9 Å². The van der Waals surface area contributed by atoms with E-state index in [-0.39, 0.29) is 23.3 Å². The van der Waals surface area contributed by atoms with Crippen molar-refractivity contribution >= 4 is 11.9 Å². The zero-order valence-electron chi connectivity index (χ0n) is 14.9. The SMILES string of the molecule is CC1(CN)CCN(C(=O)C2CCCN(C(=O)NC3CCCC3)C2)C1. The van der Waals surface area contributed by atoms with Gasteiger partial charge in [-0.25, -0.2) is 4.79 Å². The first-order valence-electron chi connectivity index (χ1n) is 9.55. The monoisotopic (exact) mass is 336 g/mol. The molecule has 0 spiro atoms. The second kappa shape index (κ2) is 7.30. The largest absolute Gasteiger partial charge is 0.342 e. The Bertz CT molecular complexity index is 478. The Balaban J connectivity index is 1.53. The first kappa shape index (κ1) is 17.5. The van der Waals surface area contributed by atoms with Gasteiger partial charge >= 0.3 is 6.03 Å². The standard InChI is InChI=1S/C18H32N4O2/c1-18(12-19)8-10-22(13-18)16(23)14-5-4-9-21(11-14)17(24)20-15-6-2-3-7-15/h14-15H,2-13,19H2,1H3,(H,20,24). The topological polar surface area (TPSA) is 78.7 Å². The van der Waals surface area contributed by atoms with E-state index in [0.29, 0.717) is 19.1 Å². The normalized spacial score (nSPS) is 31.5. The van der Waals surface area contributed by atoms with Crippen molar-refractivity contribution in [3.05, 3.63) is 0 Å². The Hall–Kier alpha value is -1.30. The molecule has 3 fully saturated rings. The molecule has 2 heterocycles. The summed E-state index contributed by atoms with van der Waals surface area (Å²) in [5.74, 6) is 0.166. The number of hydrogen-bond donors (Lipinski definition) is 2. The van der Waals surface area contributed by atoms with Gasteiger partial charge in [-0.05, 0) is 44.1 Å². The molecule has 2 aliphatic heterocycles. The predicted molar refractivity (Wildman–Crippen MR) is 93.4 cm³/mol. The van der Waals surface area contributed by atoms with E-state index in [0.717, 1.165) is 51.7 Å². The molecule has 0 aromatic heterocycles. The van der Waals surface area contributed by atoms with E-state index in [1.54, 1.807) is 0 Å². The highest BCUT2D eigenvalue weighted by Gasteiger charge is 2.38. The maximum Gasteiger partial charge on any atom is 0.317 e. The predicted octanol–water partition coefficient (Wildman–Crippen LogP) is 1.55. The number of amides is 3. The molecule has 2 saturated heterocycles. The number of piperidine rings is 1. The summed E-state index contributed by atoms with van der Waals surface area (Å²) in [6, 6.07) is 0.352. The van der Waals surface area contributed by atoms with E-state index in [9.17, 15) is 9.59 Å². The Morgan fingerprint density at radius 1 is 1.12 bits per heavy atom. The maximum atomic E-state index is 12.8. The van der Waals surface area contributed by atoms with Crippen LogP contribution in [0.4, 0.5) is 4.79 Å². The average Bonchev–Trinajstić information content (AvgIpc) is 3.24. The van der Waals surface area contributed by atoms with E-state index in [4.69, 9.17) is 5.73 Å². The van der Waals surface area contributed by atoms with Crippen molar-refractivity contribution in [2.75, 3.05) is 32.7 Å². The summed E-state index contributed by atoms with van der Waals surface area (Å²) >= 11 is 0. The molecule has 24 heavy (non-hydrogen) atoms. The minimum Gasteiger partial charge on any atom is -0.342 e. The lowest BCUT2D eigenvalue weighted by molar-refractivity contribution is -0.136. The molecule has 136 valence electrons. The van der Waals surface area contributed by atoms with E-state index in [2.05, 4.69) is 12.2 Å². The molecular weight excluding hydrogens is 304 g/mol. The molecule has 0 bridgehead atoms. The fourth-order valence-corrected chi connectivity index (χ4v) is 4.34. The van der Waals surface area contributed by atoms with Crippen molar-refractivity contribution in [3.8, 4) is 0 Å². The zero-order valence-corrected chi connectivity index (χ0v) is 14.9. The van der Waals surface area contributed by atoms with Crippen molar-refractivity contribution in [1.82, 2.24) is 15.1 Å². The highest BCUT2D eigenvalue weighted by Crippen LogP contribution is 2.31. The summed E-state index contributed by atoms with van der Waals surface area (Å²) in [5, 5.41) is 3.15. The third kappa shape index (κ3) is 3.85. The van der Waals surface area contributed by atoms with Gasteiger partial charge in [-0.1, -0.05) is 19.8 Å². The van der Waals surface area contributed by atoms with Crippen molar-refractivity contribution < 1.29 is 9.59 Å². The van der Waals surface area contributed by atoms with Gasteiger partial charge in [0, 0.05) is 32.2 Å². The summed E-state index contributed by atoms with van der Waals surface area (Å²) in [4.78, 5) is 29.1. The van der Waals surface area contributed by atoms with E-state index in [1.807, 2.05) is 9.80 Å². The molecule has 1 aliphatic carbocycles. The van der Waals surface area contributed by atoms with E-state index < -0.39 is 0 Å². The number of carbonyl (C=O) groups is 2. The fourth-order valence-electron chi connectivity index (χ4n) is 4.34. The van der Waals surface area contributed by atoms with Crippen LogP contribution >= 0.6 is 0 Å². The van der Waals surface area contributed by atoms with Crippen LogP contribution in [0.3, 0.4) is 0 Å². The summed E-state index contributed by atoms with van der Waals surface area (Å²) in [6.07, 6.45) is 7.38. The molecular formula is C18H32N4O2. The minimum atomic E-state index is -0.0480. The third-order valence-corrected chi connectivity index (χ3v) is 6.10. The Morgan fingerprint density at radius 2 is 1.88 bits per heavy atom. The lowest BCUT2D eigenvalue weighted by Crippen LogP contribution is -2.51. The number of carbonyl (C=O) groups excluding carboxylic acids is 2. The van der Waals surface area contributed by atoms with Gasteiger partial charge in [-0.15, -0.1) is 0 Å². The van der Waals surface area contributed by atoms with Gasteiger partial charge in [0.25, 0.3) is 0 Å². The number of urea groups is 1. The van der Waals surface area contributed by atoms with Crippen LogP contribution in [0.25, 0.3) is 0 Å². The van der Waals surface area contributed by atoms with Gasteiger partial charge < -0.3 is 20.9 Å². The molecule has 0 aromatic carbocycles. The second-order valence-electron chi connectivity index (χ2n) is 8.24. The van der Waals surface area contributed by atoms with Gasteiger partial charge in [-0.2, -0.15) is 0 Å². The molecule has 3 aliphatic rings. The van der Waals surface area contributed by atoms with Gasteiger partial charge in [0.2, 0.25) is 5.91 Å². The summed E-state index contributed by atoms with van der Waals surface area (Å²) in [7, 11) is 0. The zero-order chi connectivity index (χ0) is 17.2. The van der Waals surface area contributed by atoms with Gasteiger partial charge in [0.1, 0.15) is 0 Å². The van der Waals surface area contributed by atoms with E-state index >= 15 is 0 Å². The first-order chi connectivity index (χ1) is 11.5. The third-order valence-electron chi connectivity index (χ3n) is 6.10. The Morgan fingerprint density at radius 3 is 2.54 bits per heavy atom. The number of nitrogens with one attached hydrogen (secondary N) is 1. The molecule has 6 heteroatoms. The molecule has 2 unspecified atom stereocenters. The number of nitrogens with two attached hydrogens (primary N) is 1. The summed E-state index contributed by atoms with van der Waals surface area (Å²) < 4.78 is 0. The smallest absolute Gasteiger partial charge is 0.317 e. The highest BCUT2D eigenvalue weighted by molar-refractivity contribution is 5.81. The molecule has 1 saturated carbocycles. The molecule has 2 atom stereocenters. The van der Waals surface area contributed by atoms with Crippen molar-refractivity contribution in [3.63, 3.8) is 0 Å². The fraction of sp³-hybridized carbons (Fsp3) is 0.889. The number of hydrogen-bond acceptors (Lipinski definition) is 3. The molecule has 0 radical (unpaired) electrons. The van der Waals surface area contributed by atoms with Crippen molar-refractivity contribution in [2.45, 2.75) is 57.9 Å². The lowest BCUT2D eigenvalue weighted by atomic mass is 9.90. The molecule has 3 N–H and O–H groups in total. The van der Waals surface area contributed by atoms with Crippen LogP contribution in [0.2, 0.25) is 0 Å². The summed E-state index contributed by atoms with van der Waals surface area (Å²) in [6.45, 7) is 5.67. The van der Waals surface area contributed by atoms with Crippen molar-refractivity contribution in [1.29, 1.82) is 0 Å². The minimum absolute atomic E-state index is 0.0209. The molecule has 0 aromatic rings. The number of likely N-dealkylation sites (tertiary alicyclic amines) is 2. The quantitative estimate of drug-likeness (QED) is 0.821. The highest BCUT2D eigenvalue weighted by atomic mass is 16.2. The average molecular weight is 336 g/mol. The van der Waals surface area contributed by atoms with Crippen LogP contribution < -0.4 is 11.1 Å². The Labute approximate surface area is 145 Å². The second-order valence-corrected chi connectivity index (χ2v) is 8.24. The Kier molecular flexibility index (Phi) is 5.33. The lowest BCUT2D eigenvalue weighted by Gasteiger charge is -2.35. The molecule has 3 rings (SSSR count). The number of nitrogens with zero attached hydrogens (tertiary/aromatic N) is 2. The first-order valence-corrected chi connectivity index (χ1v) is 9.55. The molecule has 6 nitrogen and oxygen atoms in total. The van der Waals surface area contributed by atoms with Crippen LogP contribution in [-0.2, 0) is 4.79 Å². The van der Waals surface area contributed by atoms with Crippen LogP contribution in [0.5, 0.6) is 0 Å². The van der Waals surface area contributed by atoms with Crippen LogP contribution in [0.15, 0.2) is 0 Å². The molecule has 3 amide bonds. The van der Waals surface area contributed by atoms with Gasteiger partial charge in [-0.3, -0.25) is 4.79 Å². The summed E-state index contributed by atoms with van der Waals surface area (Å²) in [5.41, 5.74) is 5.91. The van der Waals surface area contributed by atoms with E-state index in [1.165, 1.54) is 12.8 Å². The van der Waals surface area contributed by atoms with Crippen LogP contribution in [-0.4, -0.2) is 60.5 Å². The van der Waals surface area contributed by atoms with Gasteiger partial charge in [0.05, 0.1) is 5.92 Å². The van der Waals surface area contributed by atoms with Crippen LogP contribution in [0, 0.1) is 11.3 Å².